The van der Waals surface area contributed by atoms with Crippen molar-refractivity contribution in [3.8, 4) is 5.75 Å². The second-order valence-electron chi connectivity index (χ2n) is 8.30. The lowest BCUT2D eigenvalue weighted by molar-refractivity contribution is -0.141. The molecule has 0 aromatic heterocycles. The lowest BCUT2D eigenvalue weighted by Crippen LogP contribution is -2.49. The van der Waals surface area contributed by atoms with Crippen LogP contribution < -0.4 is 10.1 Å². The van der Waals surface area contributed by atoms with Gasteiger partial charge >= 0.3 is 0 Å². The fourth-order valence-electron chi connectivity index (χ4n) is 3.09. The van der Waals surface area contributed by atoms with Crippen LogP contribution in [0.15, 0.2) is 53.0 Å². The first kappa shape index (κ1) is 23.9. The zero-order valence-electron chi connectivity index (χ0n) is 18.4. The number of carbonyl (C=O) groups is 2. The van der Waals surface area contributed by atoms with Crippen LogP contribution in [0.2, 0.25) is 0 Å². The van der Waals surface area contributed by atoms with E-state index in [0.717, 1.165) is 10.0 Å². The molecule has 0 bridgehead atoms. The summed E-state index contributed by atoms with van der Waals surface area (Å²) in [6.07, 6.45) is 0.665. The lowest BCUT2D eigenvalue weighted by atomic mass is 9.87. The molecule has 2 amide bonds. The van der Waals surface area contributed by atoms with Gasteiger partial charge in [0.1, 0.15) is 11.8 Å². The molecule has 0 aliphatic rings. The Bertz CT molecular complexity index is 862. The Morgan fingerprint density at radius 2 is 1.80 bits per heavy atom. The summed E-state index contributed by atoms with van der Waals surface area (Å²) in [7, 11) is 1.57. The molecule has 1 atom stereocenters. The molecule has 0 unspecified atom stereocenters. The topological polar surface area (TPSA) is 58.6 Å². The van der Waals surface area contributed by atoms with E-state index in [2.05, 4.69) is 42.0 Å². The molecule has 0 heterocycles. The van der Waals surface area contributed by atoms with Gasteiger partial charge in [0.15, 0.2) is 6.61 Å². The third-order valence-corrected chi connectivity index (χ3v) is 5.67. The maximum Gasteiger partial charge on any atom is 0.261 e. The summed E-state index contributed by atoms with van der Waals surface area (Å²) in [6, 6.07) is 15.2. The minimum absolute atomic E-state index is 0.0219. The summed E-state index contributed by atoms with van der Waals surface area (Å²) in [6.45, 7) is 8.46. The van der Waals surface area contributed by atoms with E-state index in [4.69, 9.17) is 4.74 Å². The highest BCUT2D eigenvalue weighted by atomic mass is 79.9. The highest BCUT2D eigenvalue weighted by Gasteiger charge is 2.25. The van der Waals surface area contributed by atoms with E-state index in [0.29, 0.717) is 18.7 Å². The number of likely N-dealkylation sites (N-methyl/N-ethyl adjacent to an activating group) is 1. The fourth-order valence-corrected chi connectivity index (χ4v) is 3.58. The van der Waals surface area contributed by atoms with Crippen molar-refractivity contribution in [1.82, 2.24) is 10.2 Å². The zero-order valence-corrected chi connectivity index (χ0v) is 20.0. The standard InChI is InChI=1S/C24H31BrN2O3/c1-17(23(29)26-5)27(14-13-18-9-7-6-8-10-18)22(28)16-30-21-12-11-19(15-20(21)25)24(2,3)4/h6-12,15,17H,13-14,16H2,1-5H3,(H,26,29)/t17-/m1/s1. The van der Waals surface area contributed by atoms with Crippen molar-refractivity contribution in [1.29, 1.82) is 0 Å². The van der Waals surface area contributed by atoms with Crippen LogP contribution in [0.25, 0.3) is 0 Å². The van der Waals surface area contributed by atoms with Crippen molar-refractivity contribution in [2.75, 3.05) is 20.2 Å². The lowest BCUT2D eigenvalue weighted by Gasteiger charge is -2.28. The van der Waals surface area contributed by atoms with Gasteiger partial charge in [0.05, 0.1) is 4.47 Å². The first-order valence-electron chi connectivity index (χ1n) is 10.1. The molecule has 0 spiro atoms. The highest BCUT2D eigenvalue weighted by Crippen LogP contribution is 2.31. The largest absolute Gasteiger partial charge is 0.483 e. The van der Waals surface area contributed by atoms with Crippen LogP contribution in [0.5, 0.6) is 5.75 Å². The number of nitrogens with one attached hydrogen (secondary N) is 1. The molecule has 0 saturated carbocycles. The van der Waals surface area contributed by atoms with Crippen LogP contribution in [0, 0.1) is 0 Å². The van der Waals surface area contributed by atoms with Gasteiger partial charge in [0.2, 0.25) is 5.91 Å². The Labute approximate surface area is 187 Å². The first-order chi connectivity index (χ1) is 14.1. The average molecular weight is 475 g/mol. The molecule has 2 rings (SSSR count). The number of carbonyl (C=O) groups excluding carboxylic acids is 2. The van der Waals surface area contributed by atoms with Crippen molar-refractivity contribution in [2.45, 2.75) is 45.6 Å². The molecule has 0 saturated heterocycles. The number of nitrogens with zero attached hydrogens (tertiary/aromatic N) is 1. The molecule has 0 aliphatic carbocycles. The monoisotopic (exact) mass is 474 g/mol. The van der Waals surface area contributed by atoms with Crippen molar-refractivity contribution >= 4 is 27.7 Å². The highest BCUT2D eigenvalue weighted by molar-refractivity contribution is 9.10. The summed E-state index contributed by atoms with van der Waals surface area (Å²) in [5, 5.41) is 2.62. The molecule has 0 fully saturated rings. The molecular weight excluding hydrogens is 444 g/mol. The van der Waals surface area contributed by atoms with Crippen molar-refractivity contribution in [3.63, 3.8) is 0 Å². The number of hydrogen-bond acceptors (Lipinski definition) is 3. The zero-order chi connectivity index (χ0) is 22.3. The van der Waals surface area contributed by atoms with Crippen LogP contribution in [0.1, 0.15) is 38.8 Å². The van der Waals surface area contributed by atoms with Gasteiger partial charge < -0.3 is 15.0 Å². The second kappa shape index (κ2) is 10.6. The van der Waals surface area contributed by atoms with Crippen LogP contribution in [-0.4, -0.2) is 43.0 Å². The summed E-state index contributed by atoms with van der Waals surface area (Å²) >= 11 is 3.54. The SMILES string of the molecule is CNC(=O)[C@@H](C)N(CCc1ccccc1)C(=O)COc1ccc(C(C)(C)C)cc1Br. The van der Waals surface area contributed by atoms with Gasteiger partial charge in [-0.3, -0.25) is 9.59 Å². The normalized spacial score (nSPS) is 12.2. The average Bonchev–Trinajstić information content (AvgIpc) is 2.72. The molecule has 0 aliphatic heterocycles. The number of benzene rings is 2. The minimum atomic E-state index is -0.582. The molecule has 162 valence electrons. The van der Waals surface area contributed by atoms with Gasteiger partial charge in [-0.15, -0.1) is 0 Å². The maximum atomic E-state index is 12.9. The molecular formula is C24H31BrN2O3. The number of rotatable bonds is 8. The van der Waals surface area contributed by atoms with Crippen LogP contribution in [-0.2, 0) is 21.4 Å². The molecule has 5 nitrogen and oxygen atoms in total. The third kappa shape index (κ3) is 6.59. The van der Waals surface area contributed by atoms with E-state index < -0.39 is 6.04 Å². The quantitative estimate of drug-likeness (QED) is 0.619. The molecule has 1 N–H and O–H groups in total. The summed E-state index contributed by atoms with van der Waals surface area (Å²) in [4.78, 5) is 26.7. The number of ether oxygens (including phenoxy) is 1. The Hall–Kier alpha value is -2.34. The Morgan fingerprint density at radius 1 is 1.13 bits per heavy atom. The Balaban J connectivity index is 2.09. The summed E-state index contributed by atoms with van der Waals surface area (Å²) < 4.78 is 6.60. The first-order valence-corrected chi connectivity index (χ1v) is 10.9. The molecule has 6 heteroatoms. The summed E-state index contributed by atoms with van der Waals surface area (Å²) in [5.41, 5.74) is 2.31. The van der Waals surface area contributed by atoms with Gasteiger partial charge in [0.25, 0.3) is 5.91 Å². The van der Waals surface area contributed by atoms with Crippen LogP contribution in [0.4, 0.5) is 0 Å². The number of halogens is 1. The van der Waals surface area contributed by atoms with Gasteiger partial charge in [-0.25, -0.2) is 0 Å². The van der Waals surface area contributed by atoms with Gasteiger partial charge in [-0.1, -0.05) is 57.2 Å². The predicted octanol–water partition coefficient (Wildman–Crippen LogP) is 4.33. The van der Waals surface area contributed by atoms with E-state index >= 15 is 0 Å². The van der Waals surface area contributed by atoms with Crippen LogP contribution in [0.3, 0.4) is 0 Å². The Morgan fingerprint density at radius 3 is 2.37 bits per heavy atom. The number of amides is 2. The van der Waals surface area contributed by atoms with Crippen molar-refractivity contribution < 1.29 is 14.3 Å². The van der Waals surface area contributed by atoms with Crippen molar-refractivity contribution in [2.24, 2.45) is 0 Å². The van der Waals surface area contributed by atoms with E-state index in [1.165, 1.54) is 5.56 Å². The molecule has 30 heavy (non-hydrogen) atoms. The van der Waals surface area contributed by atoms with E-state index in [1.807, 2.05) is 48.5 Å². The number of hydrogen-bond donors (Lipinski definition) is 1. The predicted molar refractivity (Wildman–Crippen MR) is 124 cm³/mol. The smallest absolute Gasteiger partial charge is 0.261 e. The fraction of sp³-hybridized carbons (Fsp3) is 0.417. The van der Waals surface area contributed by atoms with Crippen LogP contribution >= 0.6 is 15.9 Å². The van der Waals surface area contributed by atoms with E-state index in [-0.39, 0.29) is 23.8 Å². The molecule has 2 aromatic rings. The molecule has 2 aromatic carbocycles. The van der Waals surface area contributed by atoms with Crippen molar-refractivity contribution in [3.05, 3.63) is 64.1 Å². The molecule has 0 radical (unpaired) electrons. The third-order valence-electron chi connectivity index (χ3n) is 5.05. The van der Waals surface area contributed by atoms with E-state index in [9.17, 15) is 9.59 Å². The van der Waals surface area contributed by atoms with Gasteiger partial charge in [0, 0.05) is 13.6 Å². The second-order valence-corrected chi connectivity index (χ2v) is 9.15. The minimum Gasteiger partial charge on any atom is -0.483 e. The van der Waals surface area contributed by atoms with Gasteiger partial charge in [-0.2, -0.15) is 0 Å². The Kier molecular flexibility index (Phi) is 8.47. The summed E-state index contributed by atoms with van der Waals surface area (Å²) in [5.74, 6) is 0.174. The van der Waals surface area contributed by atoms with Gasteiger partial charge in [-0.05, 0) is 57.9 Å². The van der Waals surface area contributed by atoms with E-state index in [1.54, 1.807) is 18.9 Å². The maximum absolute atomic E-state index is 12.9.